The Kier molecular flexibility index (Phi) is 2.51. The Morgan fingerprint density at radius 1 is 0.944 bits per heavy atom. The molecule has 0 saturated heterocycles. The third-order valence-electron chi connectivity index (χ3n) is 3.59. The molecular weight excluding hydrogens is 227 g/mol. The van der Waals surface area contributed by atoms with Crippen molar-refractivity contribution in [3.8, 4) is 0 Å². The van der Waals surface area contributed by atoms with E-state index in [9.17, 15) is 4.79 Å². The van der Waals surface area contributed by atoms with Gasteiger partial charge in [-0.2, -0.15) is 0 Å². The van der Waals surface area contributed by atoms with Crippen LogP contribution in [0, 0.1) is 0 Å². The normalized spacial score (nSPS) is 22.6. The van der Waals surface area contributed by atoms with Crippen molar-refractivity contribution in [2.45, 2.75) is 18.5 Å². The molecule has 1 aliphatic carbocycles. The number of hydrogen-bond donors (Lipinski definition) is 0. The molecule has 0 aromatic heterocycles. The third-order valence-corrected chi connectivity index (χ3v) is 3.59. The molecule has 0 saturated carbocycles. The van der Waals surface area contributed by atoms with E-state index in [0.717, 1.165) is 5.56 Å². The van der Waals surface area contributed by atoms with Crippen LogP contribution >= 0.6 is 0 Å². The molecule has 90 valence electrons. The lowest BCUT2D eigenvalue weighted by Crippen LogP contribution is -2.36. The van der Waals surface area contributed by atoms with Crippen LogP contribution in [0.15, 0.2) is 54.6 Å². The summed E-state index contributed by atoms with van der Waals surface area (Å²) in [6.07, 6.45) is 0.833. The molecule has 2 aromatic carbocycles. The molecule has 1 atom stereocenters. The molecule has 3 rings (SSSR count). The first-order valence-corrected chi connectivity index (χ1v) is 6.09. The van der Waals surface area contributed by atoms with Crippen molar-refractivity contribution in [1.82, 2.24) is 0 Å². The molecule has 0 heterocycles. The number of carbonyl (C=O) groups is 1. The molecule has 2 heteroatoms. The zero-order valence-electron chi connectivity index (χ0n) is 9.90. The molecule has 2 aromatic rings. The largest absolute Gasteiger partial charge is 0.290 e. The van der Waals surface area contributed by atoms with E-state index in [2.05, 4.69) is 0 Å². The van der Waals surface area contributed by atoms with Crippen LogP contribution in [-0.4, -0.2) is 5.78 Å². The summed E-state index contributed by atoms with van der Waals surface area (Å²) >= 11 is 0. The number of aryl methyl sites for hydroxylation is 1. The fourth-order valence-corrected chi connectivity index (χ4v) is 2.57. The Balaban J connectivity index is 2.10. The minimum absolute atomic E-state index is 0.229. The van der Waals surface area contributed by atoms with Gasteiger partial charge in [-0.05, 0) is 24.0 Å². The molecule has 0 aliphatic heterocycles. The molecule has 0 radical (unpaired) electrons. The summed E-state index contributed by atoms with van der Waals surface area (Å²) in [6.45, 7) is 0. The SMILES string of the molecule is O=C1c2ccccc2CCC1(F)c1ccccc1. The summed E-state index contributed by atoms with van der Waals surface area (Å²) in [5, 5.41) is 0. The topological polar surface area (TPSA) is 17.1 Å². The van der Waals surface area contributed by atoms with E-state index in [4.69, 9.17) is 0 Å². The van der Waals surface area contributed by atoms with Gasteiger partial charge in [0.1, 0.15) is 0 Å². The monoisotopic (exact) mass is 240 g/mol. The Bertz CT molecular complexity index is 591. The number of carbonyl (C=O) groups excluding carboxylic acids is 1. The number of Topliss-reactive ketones (excluding diaryl/α,β-unsaturated/α-hetero) is 1. The molecule has 1 unspecified atom stereocenters. The van der Waals surface area contributed by atoms with Gasteiger partial charge in [0.25, 0.3) is 0 Å². The number of ketones is 1. The van der Waals surface area contributed by atoms with E-state index in [1.807, 2.05) is 18.2 Å². The number of benzene rings is 2. The van der Waals surface area contributed by atoms with Gasteiger partial charge in [0.05, 0.1) is 0 Å². The molecule has 0 N–H and O–H groups in total. The van der Waals surface area contributed by atoms with Gasteiger partial charge >= 0.3 is 0 Å². The van der Waals surface area contributed by atoms with Crippen molar-refractivity contribution in [1.29, 1.82) is 0 Å². The Labute approximate surface area is 105 Å². The Morgan fingerprint density at radius 2 is 1.61 bits per heavy atom. The summed E-state index contributed by atoms with van der Waals surface area (Å²) in [4.78, 5) is 12.4. The summed E-state index contributed by atoms with van der Waals surface area (Å²) in [6, 6.07) is 16.0. The van der Waals surface area contributed by atoms with Crippen LogP contribution < -0.4 is 0 Å². The highest BCUT2D eigenvalue weighted by Gasteiger charge is 2.44. The van der Waals surface area contributed by atoms with Crippen LogP contribution in [0.25, 0.3) is 0 Å². The van der Waals surface area contributed by atoms with Gasteiger partial charge in [-0.1, -0.05) is 54.6 Å². The number of halogens is 1. The number of fused-ring (bicyclic) bond motifs is 1. The summed E-state index contributed by atoms with van der Waals surface area (Å²) < 4.78 is 15.0. The zero-order chi connectivity index (χ0) is 12.6. The van der Waals surface area contributed by atoms with E-state index >= 15 is 4.39 Å². The van der Waals surface area contributed by atoms with Gasteiger partial charge in [-0.15, -0.1) is 0 Å². The maximum atomic E-state index is 15.0. The smallest absolute Gasteiger partial charge is 0.204 e. The fourth-order valence-electron chi connectivity index (χ4n) is 2.57. The first-order valence-electron chi connectivity index (χ1n) is 6.09. The Hall–Kier alpha value is -1.96. The van der Waals surface area contributed by atoms with Crippen LogP contribution in [0.3, 0.4) is 0 Å². The summed E-state index contributed by atoms with van der Waals surface area (Å²) in [5.41, 5.74) is 0.0709. The maximum absolute atomic E-state index is 15.0. The lowest BCUT2D eigenvalue weighted by atomic mass is 9.77. The minimum Gasteiger partial charge on any atom is -0.290 e. The number of hydrogen-bond acceptors (Lipinski definition) is 1. The van der Waals surface area contributed by atoms with Gasteiger partial charge in [0.2, 0.25) is 5.78 Å². The van der Waals surface area contributed by atoms with E-state index in [1.165, 1.54) is 0 Å². The fraction of sp³-hybridized carbons (Fsp3) is 0.188. The molecule has 1 aliphatic rings. The van der Waals surface area contributed by atoms with E-state index in [0.29, 0.717) is 17.5 Å². The van der Waals surface area contributed by atoms with Crippen molar-refractivity contribution < 1.29 is 9.18 Å². The van der Waals surface area contributed by atoms with E-state index in [1.54, 1.807) is 36.4 Å². The average Bonchev–Trinajstić information content (AvgIpc) is 2.44. The second-order valence-corrected chi connectivity index (χ2v) is 4.65. The molecule has 0 spiro atoms. The highest BCUT2D eigenvalue weighted by Crippen LogP contribution is 2.39. The standard InChI is InChI=1S/C16H13FO/c17-16(13-7-2-1-3-8-13)11-10-12-6-4-5-9-14(12)15(16)18/h1-9H,10-11H2. The van der Waals surface area contributed by atoms with Gasteiger partial charge < -0.3 is 0 Å². The molecule has 18 heavy (non-hydrogen) atoms. The molecule has 0 bridgehead atoms. The first kappa shape index (κ1) is 11.1. The third kappa shape index (κ3) is 1.57. The summed E-state index contributed by atoms with van der Waals surface area (Å²) in [7, 11) is 0. The van der Waals surface area contributed by atoms with Gasteiger partial charge in [-0.3, -0.25) is 4.79 Å². The number of rotatable bonds is 1. The van der Waals surface area contributed by atoms with Crippen LogP contribution in [0.1, 0.15) is 27.9 Å². The van der Waals surface area contributed by atoms with Crippen molar-refractivity contribution in [2.24, 2.45) is 0 Å². The zero-order valence-corrected chi connectivity index (χ0v) is 9.90. The molecule has 1 nitrogen and oxygen atoms in total. The van der Waals surface area contributed by atoms with Crippen LogP contribution in [-0.2, 0) is 12.1 Å². The predicted octanol–water partition coefficient (Wildman–Crippen LogP) is 3.68. The highest BCUT2D eigenvalue weighted by molar-refractivity contribution is 6.05. The summed E-state index contributed by atoms with van der Waals surface area (Å²) in [5.74, 6) is -0.407. The quantitative estimate of drug-likeness (QED) is 0.743. The Morgan fingerprint density at radius 3 is 2.39 bits per heavy atom. The average molecular weight is 240 g/mol. The molecule has 0 fully saturated rings. The van der Waals surface area contributed by atoms with Gasteiger partial charge in [-0.25, -0.2) is 4.39 Å². The van der Waals surface area contributed by atoms with Crippen molar-refractivity contribution in [3.63, 3.8) is 0 Å². The van der Waals surface area contributed by atoms with Crippen molar-refractivity contribution >= 4 is 5.78 Å². The second-order valence-electron chi connectivity index (χ2n) is 4.65. The molecular formula is C16H13FO. The van der Waals surface area contributed by atoms with Gasteiger partial charge in [0.15, 0.2) is 5.67 Å². The highest BCUT2D eigenvalue weighted by atomic mass is 19.1. The number of alkyl halides is 1. The van der Waals surface area contributed by atoms with Crippen molar-refractivity contribution in [2.75, 3.05) is 0 Å². The first-order chi connectivity index (χ1) is 8.72. The van der Waals surface area contributed by atoms with Crippen LogP contribution in [0.2, 0.25) is 0 Å². The lowest BCUT2D eigenvalue weighted by molar-refractivity contribution is 0.0630. The minimum atomic E-state index is -1.87. The van der Waals surface area contributed by atoms with Crippen LogP contribution in [0.5, 0.6) is 0 Å². The van der Waals surface area contributed by atoms with Crippen molar-refractivity contribution in [3.05, 3.63) is 71.3 Å². The second kappa shape index (κ2) is 4.05. The van der Waals surface area contributed by atoms with E-state index in [-0.39, 0.29) is 6.42 Å². The van der Waals surface area contributed by atoms with Gasteiger partial charge in [0, 0.05) is 5.56 Å². The lowest BCUT2D eigenvalue weighted by Gasteiger charge is -2.29. The maximum Gasteiger partial charge on any atom is 0.204 e. The molecule has 0 amide bonds. The predicted molar refractivity (Wildman–Crippen MR) is 68.3 cm³/mol. The van der Waals surface area contributed by atoms with Crippen LogP contribution in [0.4, 0.5) is 4.39 Å². The van der Waals surface area contributed by atoms with E-state index < -0.39 is 11.5 Å².